The SMILES string of the molecule is CN(C)c1ccncc1-c1ccc2[nH]nc(NC(=O)Cc3ccc4c(c3)OCCO4)c2c1. The highest BCUT2D eigenvalue weighted by molar-refractivity contribution is 6.02. The van der Waals surface area contributed by atoms with E-state index in [0.717, 1.165) is 33.3 Å². The van der Waals surface area contributed by atoms with E-state index in [1.54, 1.807) is 6.20 Å². The van der Waals surface area contributed by atoms with Gasteiger partial charge in [0.05, 0.1) is 11.9 Å². The van der Waals surface area contributed by atoms with Gasteiger partial charge in [0.1, 0.15) is 13.2 Å². The number of anilines is 2. The number of ether oxygens (including phenoxy) is 2. The second-order valence-corrected chi connectivity index (χ2v) is 7.82. The minimum Gasteiger partial charge on any atom is -0.486 e. The molecule has 3 heterocycles. The van der Waals surface area contributed by atoms with Crippen molar-refractivity contribution in [2.75, 3.05) is 37.5 Å². The maximum Gasteiger partial charge on any atom is 0.230 e. The molecular weight excluding hydrogens is 406 g/mol. The van der Waals surface area contributed by atoms with Gasteiger partial charge in [0, 0.05) is 43.1 Å². The topological polar surface area (TPSA) is 92.4 Å². The molecule has 0 fully saturated rings. The summed E-state index contributed by atoms with van der Waals surface area (Å²) in [6.07, 6.45) is 3.83. The maximum atomic E-state index is 12.7. The first-order valence-corrected chi connectivity index (χ1v) is 10.4. The van der Waals surface area contributed by atoms with Crippen LogP contribution in [0.4, 0.5) is 11.5 Å². The van der Waals surface area contributed by atoms with Crippen LogP contribution in [0.15, 0.2) is 54.9 Å². The number of pyridine rings is 1. The Kier molecular flexibility index (Phi) is 5.10. The van der Waals surface area contributed by atoms with E-state index >= 15 is 0 Å². The second-order valence-electron chi connectivity index (χ2n) is 7.82. The van der Waals surface area contributed by atoms with E-state index in [2.05, 4.69) is 20.5 Å². The molecule has 0 saturated heterocycles. The Bertz CT molecular complexity index is 1300. The average molecular weight is 429 g/mol. The van der Waals surface area contributed by atoms with Crippen LogP contribution in [-0.2, 0) is 11.2 Å². The molecule has 2 aromatic carbocycles. The Morgan fingerprint density at radius 3 is 2.78 bits per heavy atom. The van der Waals surface area contributed by atoms with E-state index < -0.39 is 0 Å². The molecule has 0 radical (unpaired) electrons. The maximum absolute atomic E-state index is 12.7. The molecule has 0 atom stereocenters. The van der Waals surface area contributed by atoms with Crippen molar-refractivity contribution in [3.05, 3.63) is 60.4 Å². The van der Waals surface area contributed by atoms with Crippen molar-refractivity contribution in [2.24, 2.45) is 0 Å². The molecule has 0 unspecified atom stereocenters. The number of hydrogen-bond donors (Lipinski definition) is 2. The van der Waals surface area contributed by atoms with E-state index in [1.165, 1.54) is 0 Å². The van der Waals surface area contributed by atoms with Gasteiger partial charge in [-0.05, 0) is 41.5 Å². The van der Waals surface area contributed by atoms with Crippen LogP contribution in [0.3, 0.4) is 0 Å². The fraction of sp³-hybridized carbons (Fsp3) is 0.208. The summed E-state index contributed by atoms with van der Waals surface area (Å²) in [5.41, 5.74) is 4.76. The first-order valence-electron chi connectivity index (χ1n) is 10.4. The molecule has 32 heavy (non-hydrogen) atoms. The zero-order valence-corrected chi connectivity index (χ0v) is 17.9. The smallest absolute Gasteiger partial charge is 0.230 e. The molecule has 4 aromatic rings. The third kappa shape index (κ3) is 3.82. The summed E-state index contributed by atoms with van der Waals surface area (Å²) in [4.78, 5) is 19.1. The monoisotopic (exact) mass is 429 g/mol. The van der Waals surface area contributed by atoms with Crippen molar-refractivity contribution in [1.82, 2.24) is 15.2 Å². The van der Waals surface area contributed by atoms with E-state index in [0.29, 0.717) is 30.5 Å². The molecule has 1 aliphatic rings. The Hall–Kier alpha value is -4.07. The number of nitrogens with one attached hydrogen (secondary N) is 2. The predicted octanol–water partition coefficient (Wildman–Crippen LogP) is 3.64. The van der Waals surface area contributed by atoms with Gasteiger partial charge in [-0.3, -0.25) is 14.9 Å². The number of rotatable bonds is 5. The number of fused-ring (bicyclic) bond motifs is 2. The molecule has 0 aliphatic carbocycles. The number of amides is 1. The summed E-state index contributed by atoms with van der Waals surface area (Å²) >= 11 is 0. The van der Waals surface area contributed by atoms with Crippen LogP contribution < -0.4 is 19.7 Å². The van der Waals surface area contributed by atoms with Crippen molar-refractivity contribution in [1.29, 1.82) is 0 Å². The molecule has 162 valence electrons. The molecule has 1 aliphatic heterocycles. The first-order chi connectivity index (χ1) is 15.6. The van der Waals surface area contributed by atoms with Gasteiger partial charge in [-0.1, -0.05) is 12.1 Å². The Morgan fingerprint density at radius 1 is 1.09 bits per heavy atom. The molecule has 8 nitrogen and oxygen atoms in total. The van der Waals surface area contributed by atoms with Crippen molar-refractivity contribution in [3.8, 4) is 22.6 Å². The average Bonchev–Trinajstić information content (AvgIpc) is 3.20. The number of benzene rings is 2. The van der Waals surface area contributed by atoms with Gasteiger partial charge in [0.15, 0.2) is 17.3 Å². The van der Waals surface area contributed by atoms with Crippen LogP contribution in [0.5, 0.6) is 11.5 Å². The molecule has 0 bridgehead atoms. The van der Waals surface area contributed by atoms with Crippen LogP contribution in [-0.4, -0.2) is 48.4 Å². The molecule has 8 heteroatoms. The molecule has 2 N–H and O–H groups in total. The van der Waals surface area contributed by atoms with Gasteiger partial charge in [-0.25, -0.2) is 0 Å². The van der Waals surface area contributed by atoms with Crippen LogP contribution in [0.1, 0.15) is 5.56 Å². The number of nitrogens with zero attached hydrogens (tertiary/aromatic N) is 3. The lowest BCUT2D eigenvalue weighted by Crippen LogP contribution is -2.17. The summed E-state index contributed by atoms with van der Waals surface area (Å²) in [5.74, 6) is 1.72. The normalized spacial score (nSPS) is 12.6. The number of carbonyl (C=O) groups excluding carboxylic acids is 1. The highest BCUT2D eigenvalue weighted by Gasteiger charge is 2.16. The van der Waals surface area contributed by atoms with E-state index in [9.17, 15) is 4.79 Å². The zero-order valence-electron chi connectivity index (χ0n) is 17.9. The van der Waals surface area contributed by atoms with Gasteiger partial charge < -0.3 is 19.7 Å². The van der Waals surface area contributed by atoms with Gasteiger partial charge in [-0.15, -0.1) is 0 Å². The van der Waals surface area contributed by atoms with Crippen LogP contribution in [0.2, 0.25) is 0 Å². The standard InChI is InChI=1S/C24H23N5O3/c1-29(2)20-7-8-25-14-18(20)16-4-5-19-17(13-16)24(28-27-19)26-23(30)12-15-3-6-21-22(11-15)32-10-9-31-21/h3-8,11,13-14H,9-10,12H2,1-2H3,(H2,26,27,28,30). The third-order valence-corrected chi connectivity index (χ3v) is 5.38. The number of hydrogen-bond acceptors (Lipinski definition) is 6. The van der Waals surface area contributed by atoms with Gasteiger partial charge in [0.25, 0.3) is 0 Å². The largest absolute Gasteiger partial charge is 0.486 e. The van der Waals surface area contributed by atoms with Gasteiger partial charge >= 0.3 is 0 Å². The molecule has 1 amide bonds. The van der Waals surface area contributed by atoms with Crippen LogP contribution in [0.25, 0.3) is 22.0 Å². The van der Waals surface area contributed by atoms with Crippen molar-refractivity contribution in [2.45, 2.75) is 6.42 Å². The van der Waals surface area contributed by atoms with E-state index in [4.69, 9.17) is 9.47 Å². The lowest BCUT2D eigenvalue weighted by molar-refractivity contribution is -0.115. The fourth-order valence-electron chi connectivity index (χ4n) is 3.84. The zero-order chi connectivity index (χ0) is 22.1. The third-order valence-electron chi connectivity index (χ3n) is 5.38. The lowest BCUT2D eigenvalue weighted by atomic mass is 10.0. The summed E-state index contributed by atoms with van der Waals surface area (Å²) in [7, 11) is 4.00. The second kappa shape index (κ2) is 8.22. The summed E-state index contributed by atoms with van der Waals surface area (Å²) in [6.45, 7) is 1.05. The Balaban J connectivity index is 1.39. The summed E-state index contributed by atoms with van der Waals surface area (Å²) < 4.78 is 11.1. The molecular formula is C24H23N5O3. The van der Waals surface area contributed by atoms with E-state index in [-0.39, 0.29) is 12.3 Å². The molecule has 5 rings (SSSR count). The summed E-state index contributed by atoms with van der Waals surface area (Å²) in [5, 5.41) is 11.1. The molecule has 2 aromatic heterocycles. The van der Waals surface area contributed by atoms with Crippen LogP contribution >= 0.6 is 0 Å². The van der Waals surface area contributed by atoms with Crippen LogP contribution in [0, 0.1) is 0 Å². The highest BCUT2D eigenvalue weighted by atomic mass is 16.6. The quantitative estimate of drug-likeness (QED) is 0.503. The van der Waals surface area contributed by atoms with Gasteiger partial charge in [0.2, 0.25) is 5.91 Å². The number of carbonyl (C=O) groups is 1. The molecule has 0 saturated carbocycles. The van der Waals surface area contributed by atoms with Crippen molar-refractivity contribution in [3.63, 3.8) is 0 Å². The molecule has 0 spiro atoms. The van der Waals surface area contributed by atoms with E-state index in [1.807, 2.05) is 67.7 Å². The van der Waals surface area contributed by atoms with Crippen molar-refractivity contribution < 1.29 is 14.3 Å². The Morgan fingerprint density at radius 2 is 1.94 bits per heavy atom. The first kappa shape index (κ1) is 19.9. The minimum atomic E-state index is -0.157. The van der Waals surface area contributed by atoms with Gasteiger partial charge in [-0.2, -0.15) is 5.10 Å². The number of H-pyrrole nitrogens is 1. The number of aromatic nitrogens is 3. The van der Waals surface area contributed by atoms with Crippen molar-refractivity contribution >= 4 is 28.3 Å². The highest BCUT2D eigenvalue weighted by Crippen LogP contribution is 2.33. The fourth-order valence-corrected chi connectivity index (χ4v) is 3.84. The predicted molar refractivity (Wildman–Crippen MR) is 123 cm³/mol. The Labute approximate surface area is 185 Å². The summed E-state index contributed by atoms with van der Waals surface area (Å²) in [6, 6.07) is 13.5. The minimum absolute atomic E-state index is 0.157. The number of aromatic amines is 1. The lowest BCUT2D eigenvalue weighted by Gasteiger charge is -2.18.